The van der Waals surface area contributed by atoms with Crippen molar-refractivity contribution in [1.29, 1.82) is 0 Å². The molecule has 0 aliphatic rings. The highest BCUT2D eigenvalue weighted by molar-refractivity contribution is 6.31. The number of aromatic carboxylic acids is 1. The molecule has 3 aromatic carbocycles. The summed E-state index contributed by atoms with van der Waals surface area (Å²) in [6.45, 7) is 1.70. The smallest absolute Gasteiger partial charge is 0.335 e. The molecule has 0 bridgehead atoms. The lowest BCUT2D eigenvalue weighted by Crippen LogP contribution is -2.27. The average Bonchev–Trinajstić information content (AvgIpc) is 2.76. The van der Waals surface area contributed by atoms with Crippen molar-refractivity contribution < 1.29 is 28.2 Å². The molecular formula is C24H20ClF2NO4. The average molecular weight is 460 g/mol. The van der Waals surface area contributed by atoms with Crippen LogP contribution in [-0.2, 0) is 6.42 Å². The van der Waals surface area contributed by atoms with Crippen molar-refractivity contribution in [3.63, 3.8) is 0 Å². The number of benzene rings is 3. The Morgan fingerprint density at radius 2 is 1.72 bits per heavy atom. The molecule has 0 heterocycles. The molecule has 32 heavy (non-hydrogen) atoms. The zero-order valence-corrected chi connectivity index (χ0v) is 17.8. The van der Waals surface area contributed by atoms with E-state index in [1.807, 2.05) is 0 Å². The molecule has 0 aromatic heterocycles. The second kappa shape index (κ2) is 10.2. The first kappa shape index (κ1) is 23.2. The number of carboxylic acid groups (broad SMARTS) is 1. The highest BCUT2D eigenvalue weighted by Gasteiger charge is 2.18. The third kappa shape index (κ3) is 5.62. The van der Waals surface area contributed by atoms with Crippen LogP contribution in [0.1, 0.15) is 44.8 Å². The van der Waals surface area contributed by atoms with Crippen molar-refractivity contribution in [1.82, 2.24) is 5.32 Å². The molecule has 0 saturated heterocycles. The number of rotatable bonds is 8. The summed E-state index contributed by atoms with van der Waals surface area (Å²) >= 11 is 6.04. The largest absolute Gasteiger partial charge is 0.492 e. The van der Waals surface area contributed by atoms with Crippen molar-refractivity contribution in [2.24, 2.45) is 0 Å². The molecule has 0 unspecified atom stereocenters. The fourth-order valence-electron chi connectivity index (χ4n) is 3.11. The van der Waals surface area contributed by atoms with Crippen LogP contribution in [0.2, 0.25) is 5.02 Å². The van der Waals surface area contributed by atoms with Crippen LogP contribution in [0.3, 0.4) is 0 Å². The summed E-state index contributed by atoms with van der Waals surface area (Å²) < 4.78 is 33.2. The lowest BCUT2D eigenvalue weighted by atomic mass is 10.1. The minimum absolute atomic E-state index is 0.0193. The Labute approximate surface area is 188 Å². The summed E-state index contributed by atoms with van der Waals surface area (Å²) in [5.41, 5.74) is 0.929. The van der Waals surface area contributed by atoms with Crippen LogP contribution >= 0.6 is 11.6 Å². The van der Waals surface area contributed by atoms with Crippen LogP contribution in [0.5, 0.6) is 5.75 Å². The Bertz CT molecular complexity index is 1120. The number of hydrogen-bond donors (Lipinski definition) is 2. The highest BCUT2D eigenvalue weighted by atomic mass is 35.5. The van der Waals surface area contributed by atoms with Crippen LogP contribution < -0.4 is 10.1 Å². The van der Waals surface area contributed by atoms with Gasteiger partial charge in [-0.05, 0) is 55.0 Å². The monoisotopic (exact) mass is 459 g/mol. The van der Waals surface area contributed by atoms with Crippen molar-refractivity contribution in [2.75, 3.05) is 6.61 Å². The molecule has 1 atom stereocenters. The number of carbonyl (C=O) groups is 2. The maximum Gasteiger partial charge on any atom is 0.335 e. The summed E-state index contributed by atoms with van der Waals surface area (Å²) in [6, 6.07) is 13.8. The van der Waals surface area contributed by atoms with Crippen LogP contribution in [-0.4, -0.2) is 23.6 Å². The van der Waals surface area contributed by atoms with E-state index in [0.717, 1.165) is 0 Å². The Morgan fingerprint density at radius 3 is 2.34 bits per heavy atom. The van der Waals surface area contributed by atoms with E-state index in [1.165, 1.54) is 42.5 Å². The number of amides is 1. The molecule has 0 fully saturated rings. The van der Waals surface area contributed by atoms with Gasteiger partial charge in [0, 0.05) is 17.0 Å². The van der Waals surface area contributed by atoms with Gasteiger partial charge in [-0.2, -0.15) is 0 Å². The number of ether oxygens (including phenoxy) is 1. The van der Waals surface area contributed by atoms with Gasteiger partial charge in [-0.25, -0.2) is 13.6 Å². The fraction of sp³-hybridized carbons (Fsp3) is 0.167. The van der Waals surface area contributed by atoms with Gasteiger partial charge < -0.3 is 15.2 Å². The molecule has 166 valence electrons. The minimum atomic E-state index is -1.04. The standard InChI is InChI=1S/C24H20ClF2NO4/c1-14(15-5-7-16(8-6-15)24(30)31)28-23(29)19-13-17(25)9-10-22(19)32-12-11-18-20(26)3-2-4-21(18)27/h2-10,13-14H,11-12H2,1H3,(H,28,29)(H,30,31)/t14-/m0/s1. The van der Waals surface area contributed by atoms with E-state index in [2.05, 4.69) is 5.32 Å². The molecule has 2 N–H and O–H groups in total. The van der Waals surface area contributed by atoms with Gasteiger partial charge in [0.05, 0.1) is 23.8 Å². The summed E-state index contributed by atoms with van der Waals surface area (Å²) in [6.07, 6.45) is -0.0193. The summed E-state index contributed by atoms with van der Waals surface area (Å²) in [5.74, 6) is -2.61. The van der Waals surface area contributed by atoms with Crippen LogP contribution in [0, 0.1) is 11.6 Å². The first-order valence-electron chi connectivity index (χ1n) is 9.75. The lowest BCUT2D eigenvalue weighted by Gasteiger charge is -2.17. The topological polar surface area (TPSA) is 75.6 Å². The summed E-state index contributed by atoms with van der Waals surface area (Å²) in [5, 5.41) is 12.1. The van der Waals surface area contributed by atoms with Gasteiger partial charge >= 0.3 is 5.97 Å². The molecule has 1 amide bonds. The van der Waals surface area contributed by atoms with Gasteiger partial charge in [-0.3, -0.25) is 4.79 Å². The van der Waals surface area contributed by atoms with E-state index in [4.69, 9.17) is 21.4 Å². The van der Waals surface area contributed by atoms with E-state index in [-0.39, 0.29) is 35.5 Å². The first-order chi connectivity index (χ1) is 15.3. The van der Waals surface area contributed by atoms with Crippen molar-refractivity contribution in [2.45, 2.75) is 19.4 Å². The number of halogens is 3. The molecule has 3 aromatic rings. The third-order valence-electron chi connectivity index (χ3n) is 4.86. The quantitative estimate of drug-likeness (QED) is 0.471. The Kier molecular flexibility index (Phi) is 7.43. The Balaban J connectivity index is 1.70. The van der Waals surface area contributed by atoms with E-state index >= 15 is 0 Å². The maximum atomic E-state index is 13.8. The molecule has 0 spiro atoms. The summed E-state index contributed by atoms with van der Waals surface area (Å²) in [4.78, 5) is 23.8. The Hall–Kier alpha value is -3.45. The Morgan fingerprint density at radius 1 is 1.06 bits per heavy atom. The highest BCUT2D eigenvalue weighted by Crippen LogP contribution is 2.25. The molecule has 0 aliphatic carbocycles. The van der Waals surface area contributed by atoms with Gasteiger partial charge in [-0.15, -0.1) is 0 Å². The molecule has 5 nitrogen and oxygen atoms in total. The number of nitrogens with one attached hydrogen (secondary N) is 1. The van der Waals surface area contributed by atoms with Crippen LogP contribution in [0.25, 0.3) is 0 Å². The van der Waals surface area contributed by atoms with E-state index < -0.39 is 29.6 Å². The molecule has 0 saturated carbocycles. The number of carboxylic acids is 1. The van der Waals surface area contributed by atoms with Gasteiger partial charge in [0.1, 0.15) is 17.4 Å². The maximum absolute atomic E-state index is 13.8. The molecule has 3 rings (SSSR count). The van der Waals surface area contributed by atoms with E-state index in [0.29, 0.717) is 10.6 Å². The van der Waals surface area contributed by atoms with Gasteiger partial charge in [-0.1, -0.05) is 29.8 Å². The molecule has 0 radical (unpaired) electrons. The normalized spacial score (nSPS) is 11.6. The van der Waals surface area contributed by atoms with Crippen molar-refractivity contribution >= 4 is 23.5 Å². The van der Waals surface area contributed by atoms with Crippen molar-refractivity contribution in [3.8, 4) is 5.75 Å². The fourth-order valence-corrected chi connectivity index (χ4v) is 3.28. The predicted molar refractivity (Wildman–Crippen MR) is 116 cm³/mol. The van der Waals surface area contributed by atoms with Crippen LogP contribution in [0.15, 0.2) is 60.7 Å². The summed E-state index contributed by atoms with van der Waals surface area (Å²) in [7, 11) is 0. The molecule has 8 heteroatoms. The van der Waals surface area contributed by atoms with E-state index in [9.17, 15) is 18.4 Å². The van der Waals surface area contributed by atoms with Gasteiger partial charge in [0.25, 0.3) is 5.91 Å². The number of carbonyl (C=O) groups excluding carboxylic acids is 1. The van der Waals surface area contributed by atoms with E-state index in [1.54, 1.807) is 25.1 Å². The second-order valence-corrected chi connectivity index (χ2v) is 7.50. The lowest BCUT2D eigenvalue weighted by molar-refractivity contribution is 0.0696. The zero-order valence-electron chi connectivity index (χ0n) is 17.1. The van der Waals surface area contributed by atoms with Gasteiger partial charge in [0.2, 0.25) is 0 Å². The predicted octanol–water partition coefficient (Wildman–Crippen LogP) is 5.43. The molecule has 0 aliphatic heterocycles. The first-order valence-corrected chi connectivity index (χ1v) is 10.1. The number of hydrogen-bond acceptors (Lipinski definition) is 3. The SMILES string of the molecule is C[C@H](NC(=O)c1cc(Cl)ccc1OCCc1c(F)cccc1F)c1ccc(C(=O)O)cc1. The third-order valence-corrected chi connectivity index (χ3v) is 5.10. The second-order valence-electron chi connectivity index (χ2n) is 7.06. The minimum Gasteiger partial charge on any atom is -0.492 e. The zero-order chi connectivity index (χ0) is 23.3. The van der Waals surface area contributed by atoms with Gasteiger partial charge in [0.15, 0.2) is 0 Å². The van der Waals surface area contributed by atoms with Crippen LogP contribution in [0.4, 0.5) is 8.78 Å². The van der Waals surface area contributed by atoms with Crippen molar-refractivity contribution in [3.05, 3.63) is 99.6 Å². The molecular weight excluding hydrogens is 440 g/mol.